The van der Waals surface area contributed by atoms with Crippen LogP contribution in [-0.2, 0) is 103 Å². The molecule has 0 N–H and O–H groups in total. The first-order valence-electron chi connectivity index (χ1n) is 34.5. The molecule has 98 heavy (non-hydrogen) atoms. The van der Waals surface area contributed by atoms with Gasteiger partial charge in [0, 0.05) is 90.5 Å². The van der Waals surface area contributed by atoms with Gasteiger partial charge in [0.15, 0.2) is 0 Å². The van der Waals surface area contributed by atoms with Crippen LogP contribution in [0.15, 0.2) is 97.6 Å². The fourth-order valence-corrected chi connectivity index (χ4v) is 13.2. The minimum atomic E-state index is -1.14. The minimum absolute atomic E-state index is 0. The molecule has 0 aliphatic heterocycles. The summed E-state index contributed by atoms with van der Waals surface area (Å²) in [4.78, 5) is 23.3. The van der Waals surface area contributed by atoms with Crippen LogP contribution in [0.5, 0.6) is 34.5 Å². The fourth-order valence-electron chi connectivity index (χ4n) is 13.2. The fraction of sp³-hybridized carbons (Fsp3) is 0.488. The number of aryl methyl sites for hydroxylation is 2. The van der Waals surface area contributed by atoms with Gasteiger partial charge in [-0.25, -0.2) is 9.97 Å². The van der Waals surface area contributed by atoms with Gasteiger partial charge >= 0.3 is 29.6 Å². The summed E-state index contributed by atoms with van der Waals surface area (Å²) >= 11 is 0. The summed E-state index contributed by atoms with van der Waals surface area (Å²) < 4.78 is 46.3. The molecule has 14 heteroatoms. The molecule has 520 valence electrons. The number of nitrogens with zero attached hydrogens (tertiary/aromatic N) is 5. The maximum absolute atomic E-state index is 12.0. The van der Waals surface area contributed by atoms with Crippen LogP contribution in [0, 0.1) is 0 Å². The number of carboxylic acid groups (broad SMARTS) is 1. The monoisotopic (exact) mass is 1340 g/mol. The van der Waals surface area contributed by atoms with E-state index in [0.717, 1.165) is 130 Å². The van der Waals surface area contributed by atoms with Gasteiger partial charge in [0.05, 0.1) is 27.3 Å². The number of imidazole rings is 2. The summed E-state index contributed by atoms with van der Waals surface area (Å²) in [5, 5.41) is 12.0. The van der Waals surface area contributed by atoms with E-state index in [2.05, 4.69) is 197 Å². The summed E-state index contributed by atoms with van der Waals surface area (Å²) in [7, 11) is 11.2. The van der Waals surface area contributed by atoms with Gasteiger partial charge in [0.25, 0.3) is 0 Å². The Hall–Kier alpha value is -7.03. The van der Waals surface area contributed by atoms with Crippen molar-refractivity contribution in [2.24, 2.45) is 14.1 Å². The largest absolute Gasteiger partial charge is 1.00 e. The van der Waals surface area contributed by atoms with Crippen LogP contribution in [-0.4, -0.2) is 78.0 Å². The van der Waals surface area contributed by atoms with Crippen molar-refractivity contribution in [2.45, 2.75) is 209 Å². The normalized spacial score (nSPS) is 13.4. The van der Waals surface area contributed by atoms with E-state index in [1.54, 1.807) is 26.2 Å². The summed E-state index contributed by atoms with van der Waals surface area (Å²) in [5.74, 6) is 5.19. The van der Waals surface area contributed by atoms with Crippen molar-refractivity contribution in [1.29, 1.82) is 0 Å². The van der Waals surface area contributed by atoms with Gasteiger partial charge in [-0.1, -0.05) is 197 Å². The zero-order valence-electron chi connectivity index (χ0n) is 64.0. The van der Waals surface area contributed by atoms with Gasteiger partial charge in [0.1, 0.15) is 66.0 Å². The first-order chi connectivity index (χ1) is 45.2. The molecule has 12 bridgehead atoms. The standard InChI is InChI=1S/C84H111N5O8.Na/c1-79(2,3)64-37-52-31-58-43-67(82(10,11)12)44-59(76(58)95-30-29-87(19)49-72(90)91)32-53-38-65(80(4,5)6)40-55(74(53)93-23)34-61-46-69(84(16,17)18)48-63(78(61)97-51-71-86-26-28-89(71)21)36-57-42-66(81(7,8)9)41-56(75(57)94-24)35-62-47-68(83(13,14)15)45-60(33-54(39-64)73(52)92-22)77(62)96-50-70-85-25-27-88(70)20;/h25-28,37-48H,29-36,49-51H2,1-24H3,(H,90,91);/q;+1/p-1. The number of hydrogen-bond donors (Lipinski definition) is 0. The van der Waals surface area contributed by atoms with Gasteiger partial charge in [-0.05, 0) is 140 Å². The molecule has 6 aromatic carbocycles. The van der Waals surface area contributed by atoms with Crippen LogP contribution in [0.25, 0.3) is 0 Å². The number of aliphatic carboxylic acids is 1. The molecule has 0 unspecified atom stereocenters. The Morgan fingerprint density at radius 1 is 0.398 bits per heavy atom. The number of ether oxygens (including phenoxy) is 6. The quantitative estimate of drug-likeness (QED) is 0.0908. The van der Waals surface area contributed by atoms with E-state index in [1.807, 2.05) is 55.1 Å². The number of hydrogen-bond acceptors (Lipinski definition) is 11. The van der Waals surface area contributed by atoms with Crippen molar-refractivity contribution in [3.05, 3.63) is 209 Å². The van der Waals surface area contributed by atoms with E-state index in [1.165, 1.54) is 16.7 Å². The van der Waals surface area contributed by atoms with Gasteiger partial charge in [-0.3, -0.25) is 4.90 Å². The van der Waals surface area contributed by atoms with Crippen molar-refractivity contribution < 1.29 is 67.9 Å². The van der Waals surface area contributed by atoms with Gasteiger partial charge < -0.3 is 47.5 Å². The third-order valence-electron chi connectivity index (χ3n) is 19.2. The predicted octanol–water partition coefficient (Wildman–Crippen LogP) is 13.0. The number of carboxylic acids is 1. The Balaban J connectivity index is 0.0000122. The molecule has 0 saturated heterocycles. The SMILES string of the molecule is COc1c2cc(C(C)(C)C)cc1Cc1cc(C(C)(C)C)cc(c1OCc1nccn1C)Cc1cc(C(C)(C)C)cc(c1OC)Cc1cc(C(C)(C)C)cc(c1OCc1nccn1C)Cc1cc(C(C)(C)C)cc(c1OC)Cc1cc(C(C)(C)C)cc(c1OCCN(C)CC(=O)[O-])C2.[Na+]. The number of carbonyl (C=O) groups is 1. The van der Waals surface area contributed by atoms with Crippen LogP contribution >= 0.6 is 0 Å². The number of benzene rings is 6. The Morgan fingerprint density at radius 2 is 0.612 bits per heavy atom. The molecule has 0 atom stereocenters. The van der Waals surface area contributed by atoms with Crippen LogP contribution in [0.3, 0.4) is 0 Å². The molecule has 0 radical (unpaired) electrons. The van der Waals surface area contributed by atoms with Gasteiger partial charge in [0.2, 0.25) is 0 Å². The second-order valence-corrected chi connectivity index (χ2v) is 33.4. The Labute approximate surface area is 608 Å². The zero-order valence-corrected chi connectivity index (χ0v) is 66.0. The summed E-state index contributed by atoms with van der Waals surface area (Å²) in [6, 6.07) is 28.1. The summed E-state index contributed by atoms with van der Waals surface area (Å²) in [6.45, 7) is 41.8. The van der Waals surface area contributed by atoms with E-state index in [4.69, 9.17) is 38.4 Å². The molecule has 2 aromatic heterocycles. The van der Waals surface area contributed by atoms with Crippen molar-refractivity contribution in [3.63, 3.8) is 0 Å². The number of fused-ring (bicyclic) bond motifs is 12. The van der Waals surface area contributed by atoms with Crippen molar-refractivity contribution in [1.82, 2.24) is 24.0 Å². The van der Waals surface area contributed by atoms with Crippen LogP contribution in [0.4, 0.5) is 0 Å². The van der Waals surface area contributed by atoms with Crippen molar-refractivity contribution in [3.8, 4) is 34.5 Å². The third kappa shape index (κ3) is 18.1. The van der Waals surface area contributed by atoms with Crippen LogP contribution in [0.1, 0.15) is 236 Å². The molecule has 8 aromatic rings. The third-order valence-corrected chi connectivity index (χ3v) is 19.2. The molecule has 0 fully saturated rings. The maximum atomic E-state index is 12.0. The number of aromatic nitrogens is 4. The molecule has 1 aliphatic rings. The Bertz CT molecular complexity index is 3940. The Morgan fingerprint density at radius 3 is 0.796 bits per heavy atom. The van der Waals surface area contributed by atoms with Crippen LogP contribution in [0.2, 0.25) is 0 Å². The molecule has 13 nitrogen and oxygen atoms in total. The van der Waals surface area contributed by atoms with E-state index in [0.29, 0.717) is 45.1 Å². The Kier molecular flexibility index (Phi) is 23.5. The molecule has 0 amide bonds. The van der Waals surface area contributed by atoms with E-state index in [9.17, 15) is 9.90 Å². The molecular weight excluding hydrogens is 1230 g/mol. The average molecular weight is 1340 g/mol. The first-order valence-corrected chi connectivity index (χ1v) is 34.5. The van der Waals surface area contributed by atoms with E-state index < -0.39 is 5.97 Å². The van der Waals surface area contributed by atoms with E-state index >= 15 is 0 Å². The second-order valence-electron chi connectivity index (χ2n) is 33.4. The van der Waals surface area contributed by atoms with Crippen LogP contribution < -0.4 is 63.1 Å². The number of carbonyl (C=O) groups excluding carboxylic acids is 1. The molecule has 9 rings (SSSR count). The van der Waals surface area contributed by atoms with Gasteiger partial charge in [-0.2, -0.15) is 0 Å². The predicted molar refractivity (Wildman–Crippen MR) is 390 cm³/mol. The molecule has 1 aliphatic carbocycles. The molecular formula is C84H110N5NaO8. The second kappa shape index (κ2) is 30.0. The number of methoxy groups -OCH3 is 3. The average Bonchev–Trinajstić information content (AvgIpc) is 0.874. The topological polar surface area (TPSA) is 134 Å². The summed E-state index contributed by atoms with van der Waals surface area (Å²) in [5.41, 5.74) is 17.7. The smallest absolute Gasteiger partial charge is 0.549 e. The number of rotatable bonds is 15. The minimum Gasteiger partial charge on any atom is -0.549 e. The number of likely N-dealkylation sites (N-methyl/N-ethyl adjacent to an activating group) is 1. The van der Waals surface area contributed by atoms with Gasteiger partial charge in [-0.15, -0.1) is 0 Å². The first kappa shape index (κ1) is 76.7. The van der Waals surface area contributed by atoms with Crippen molar-refractivity contribution in [2.75, 3.05) is 48.1 Å². The maximum Gasteiger partial charge on any atom is 1.00 e. The molecule has 2 heterocycles. The zero-order chi connectivity index (χ0) is 71.1. The summed E-state index contributed by atoms with van der Waals surface area (Å²) in [6.07, 6.45) is 10.4. The van der Waals surface area contributed by atoms with E-state index in [-0.39, 0.29) is 88.4 Å². The molecule has 0 saturated carbocycles. The molecule has 0 spiro atoms. The van der Waals surface area contributed by atoms with Crippen molar-refractivity contribution >= 4 is 5.97 Å².